The lowest BCUT2D eigenvalue weighted by Gasteiger charge is -2.32. The van der Waals surface area contributed by atoms with Gasteiger partial charge >= 0.3 is 6.03 Å². The summed E-state index contributed by atoms with van der Waals surface area (Å²) in [5.74, 6) is 2.27. The van der Waals surface area contributed by atoms with E-state index < -0.39 is 0 Å². The summed E-state index contributed by atoms with van der Waals surface area (Å²) < 4.78 is 12.5. The smallest absolute Gasteiger partial charge is 0.324 e. The summed E-state index contributed by atoms with van der Waals surface area (Å²) in [6.07, 6.45) is 2.78. The van der Waals surface area contributed by atoms with Gasteiger partial charge in [0.25, 0.3) is 0 Å². The molecular weight excluding hydrogens is 578 g/mol. The average Bonchev–Trinajstić information content (AvgIpc) is 3.47. The van der Waals surface area contributed by atoms with E-state index >= 15 is 0 Å². The zero-order chi connectivity index (χ0) is 32.8. The maximum atomic E-state index is 13.4. The van der Waals surface area contributed by atoms with Crippen molar-refractivity contribution in [1.82, 2.24) is 14.7 Å². The highest BCUT2D eigenvalue weighted by atomic mass is 16.5. The van der Waals surface area contributed by atoms with Crippen LogP contribution in [0.25, 0.3) is 5.69 Å². The average molecular weight is 624 g/mol. The van der Waals surface area contributed by atoms with E-state index in [0.717, 1.165) is 60.5 Å². The molecule has 3 aromatic carbocycles. The number of aromatic nitrogens is 2. The molecule has 1 aliphatic heterocycles. The van der Waals surface area contributed by atoms with Crippen LogP contribution >= 0.6 is 0 Å². The molecule has 46 heavy (non-hydrogen) atoms. The van der Waals surface area contributed by atoms with Crippen molar-refractivity contribution in [3.63, 3.8) is 0 Å². The van der Waals surface area contributed by atoms with Crippen LogP contribution in [0.4, 0.5) is 16.3 Å². The van der Waals surface area contributed by atoms with Crippen LogP contribution in [0.3, 0.4) is 0 Å². The molecule has 0 spiro atoms. The van der Waals surface area contributed by atoms with E-state index in [1.807, 2.05) is 55.5 Å². The van der Waals surface area contributed by atoms with E-state index in [-0.39, 0.29) is 17.2 Å². The number of ketones is 1. The first-order chi connectivity index (χ1) is 22.0. The topological polar surface area (TPSA) is 97.7 Å². The Balaban J connectivity index is 1.21. The summed E-state index contributed by atoms with van der Waals surface area (Å²) in [4.78, 5) is 28.7. The van der Waals surface area contributed by atoms with Crippen LogP contribution in [0, 0.1) is 12.8 Å². The number of amides is 2. The zero-order valence-electron chi connectivity index (χ0n) is 27.7. The molecule has 0 bridgehead atoms. The molecule has 5 rings (SSSR count). The summed E-state index contributed by atoms with van der Waals surface area (Å²) in [6, 6.07) is 23.0. The lowest BCUT2D eigenvalue weighted by Crippen LogP contribution is -2.38. The molecule has 1 saturated heterocycles. The molecule has 0 saturated carbocycles. The van der Waals surface area contributed by atoms with Crippen molar-refractivity contribution >= 4 is 23.3 Å². The summed E-state index contributed by atoms with van der Waals surface area (Å²) >= 11 is 0. The van der Waals surface area contributed by atoms with Crippen LogP contribution in [0.1, 0.15) is 60.8 Å². The maximum absolute atomic E-state index is 13.4. The molecule has 2 heterocycles. The third kappa shape index (κ3) is 7.95. The minimum Gasteiger partial charge on any atom is -0.497 e. The number of anilines is 2. The summed E-state index contributed by atoms with van der Waals surface area (Å²) in [5, 5.41) is 11.0. The number of likely N-dealkylation sites (tertiary alicyclic amines) is 1. The van der Waals surface area contributed by atoms with E-state index in [0.29, 0.717) is 35.3 Å². The SMILES string of the molecule is COc1ccc(OC)c(C(=O)CN2CCC(Cc3ccccc3NC(=O)Nc3cc(C(C)(C)C)nn3-c3ccc(C)cc3)CC2)c1. The number of methoxy groups -OCH3 is 2. The van der Waals surface area contributed by atoms with Crippen LogP contribution < -0.4 is 20.1 Å². The molecule has 2 N–H and O–H groups in total. The highest BCUT2D eigenvalue weighted by Gasteiger charge is 2.25. The van der Waals surface area contributed by atoms with Crippen molar-refractivity contribution in [2.75, 3.05) is 44.5 Å². The molecule has 0 atom stereocenters. The van der Waals surface area contributed by atoms with Gasteiger partial charge in [-0.1, -0.05) is 56.7 Å². The molecule has 1 aromatic heterocycles. The standard InChI is InChI=1S/C37H45N5O4/c1-25-11-13-28(14-12-25)42-35(23-34(40-42)37(2,3)4)39-36(44)38-31-10-8-7-9-27(31)21-26-17-19-41(20-18-26)24-32(43)30-22-29(45-5)15-16-33(30)46-6/h7-16,22-23,26H,17-21,24H2,1-6H3,(H2,38,39,44). The van der Waals surface area contributed by atoms with Gasteiger partial charge in [-0.25, -0.2) is 9.48 Å². The Morgan fingerprint density at radius 3 is 2.30 bits per heavy atom. The largest absolute Gasteiger partial charge is 0.497 e. The van der Waals surface area contributed by atoms with E-state index in [2.05, 4.69) is 42.4 Å². The van der Waals surface area contributed by atoms with E-state index in [1.54, 1.807) is 37.1 Å². The molecule has 0 aliphatic carbocycles. The Hall–Kier alpha value is -4.63. The number of aryl methyl sites for hydroxylation is 1. The van der Waals surface area contributed by atoms with E-state index in [1.165, 1.54) is 0 Å². The second-order valence-electron chi connectivity index (χ2n) is 13.1. The number of carbonyl (C=O) groups is 2. The van der Waals surface area contributed by atoms with Gasteiger partial charge in [-0.2, -0.15) is 5.10 Å². The highest BCUT2D eigenvalue weighted by molar-refractivity contribution is 6.01. The van der Waals surface area contributed by atoms with Crippen LogP contribution in [0.2, 0.25) is 0 Å². The summed E-state index contributed by atoms with van der Waals surface area (Å²) in [5.41, 5.74) is 5.17. The maximum Gasteiger partial charge on any atom is 0.324 e. The molecule has 9 heteroatoms. The van der Waals surface area contributed by atoms with Gasteiger partial charge in [0.15, 0.2) is 5.78 Å². The first-order valence-corrected chi connectivity index (χ1v) is 15.8. The number of ether oxygens (including phenoxy) is 2. The molecule has 9 nitrogen and oxygen atoms in total. The number of Topliss-reactive ketones (excluding diaryl/α,β-unsaturated/α-hetero) is 1. The summed E-state index contributed by atoms with van der Waals surface area (Å²) in [6.45, 7) is 10.4. The molecule has 2 amide bonds. The molecule has 0 radical (unpaired) electrons. The molecule has 1 aliphatic rings. The summed E-state index contributed by atoms with van der Waals surface area (Å²) in [7, 11) is 3.16. The van der Waals surface area contributed by atoms with Gasteiger partial charge in [0.05, 0.1) is 37.7 Å². The van der Waals surface area contributed by atoms with Crippen LogP contribution in [-0.2, 0) is 11.8 Å². The van der Waals surface area contributed by atoms with Crippen molar-refractivity contribution in [2.45, 2.75) is 52.4 Å². The predicted molar refractivity (Wildman–Crippen MR) is 183 cm³/mol. The van der Waals surface area contributed by atoms with Gasteiger partial charge in [0, 0.05) is 17.2 Å². The van der Waals surface area contributed by atoms with Crippen LogP contribution in [-0.4, -0.2) is 60.3 Å². The lowest BCUT2D eigenvalue weighted by atomic mass is 9.89. The minimum atomic E-state index is -0.317. The number of rotatable bonds is 10. The van der Waals surface area contributed by atoms with Gasteiger partial charge in [-0.05, 0) is 87.2 Å². The fourth-order valence-electron chi connectivity index (χ4n) is 5.79. The fraction of sp³-hybridized carbons (Fsp3) is 0.378. The Morgan fingerprint density at radius 1 is 0.913 bits per heavy atom. The number of nitrogens with one attached hydrogen (secondary N) is 2. The van der Waals surface area contributed by atoms with Crippen molar-refractivity contribution in [3.8, 4) is 17.2 Å². The van der Waals surface area contributed by atoms with Crippen LogP contribution in [0.15, 0.2) is 72.8 Å². The zero-order valence-corrected chi connectivity index (χ0v) is 27.7. The first kappa shape index (κ1) is 32.8. The number of para-hydroxylation sites is 1. The quantitative estimate of drug-likeness (QED) is 0.180. The Kier molecular flexibility index (Phi) is 10.1. The van der Waals surface area contributed by atoms with E-state index in [9.17, 15) is 9.59 Å². The molecule has 0 unspecified atom stereocenters. The molecule has 1 fully saturated rings. The van der Waals surface area contributed by atoms with Crippen LogP contribution in [0.5, 0.6) is 11.5 Å². The lowest BCUT2D eigenvalue weighted by molar-refractivity contribution is 0.0892. The highest BCUT2D eigenvalue weighted by Crippen LogP contribution is 2.29. The predicted octanol–water partition coefficient (Wildman–Crippen LogP) is 7.28. The van der Waals surface area contributed by atoms with Gasteiger partial charge in [0.2, 0.25) is 0 Å². The normalized spacial score (nSPS) is 14.1. The minimum absolute atomic E-state index is 0.0214. The first-order valence-electron chi connectivity index (χ1n) is 15.8. The number of urea groups is 1. The number of piperidine rings is 1. The van der Waals surface area contributed by atoms with Gasteiger partial charge in [-0.15, -0.1) is 0 Å². The van der Waals surface area contributed by atoms with E-state index in [4.69, 9.17) is 14.6 Å². The number of carbonyl (C=O) groups excluding carboxylic acids is 2. The van der Waals surface area contributed by atoms with Crippen molar-refractivity contribution in [3.05, 3.63) is 95.2 Å². The van der Waals surface area contributed by atoms with Crippen molar-refractivity contribution in [2.24, 2.45) is 5.92 Å². The number of hydrogen-bond acceptors (Lipinski definition) is 6. The number of hydrogen-bond donors (Lipinski definition) is 2. The van der Waals surface area contributed by atoms with Crippen molar-refractivity contribution < 1.29 is 19.1 Å². The second-order valence-corrected chi connectivity index (χ2v) is 13.1. The third-order valence-corrected chi connectivity index (χ3v) is 8.55. The van der Waals surface area contributed by atoms with Gasteiger partial charge in [-0.3, -0.25) is 15.0 Å². The Labute approximate surface area is 271 Å². The molecule has 242 valence electrons. The monoisotopic (exact) mass is 623 g/mol. The third-order valence-electron chi connectivity index (χ3n) is 8.55. The molecule has 4 aromatic rings. The number of benzene rings is 3. The van der Waals surface area contributed by atoms with Gasteiger partial charge in [0.1, 0.15) is 17.3 Å². The van der Waals surface area contributed by atoms with Gasteiger partial charge < -0.3 is 14.8 Å². The fourth-order valence-corrected chi connectivity index (χ4v) is 5.79. The Morgan fingerprint density at radius 2 is 1.63 bits per heavy atom. The van der Waals surface area contributed by atoms with Crippen molar-refractivity contribution in [1.29, 1.82) is 0 Å². The second kappa shape index (κ2) is 14.2. The Bertz CT molecular complexity index is 1660. The number of nitrogens with zero attached hydrogens (tertiary/aromatic N) is 3. The molecular formula is C37H45N5O4.